The number of aryl methyl sites for hydroxylation is 1. The number of nitrogens with zero attached hydrogens (tertiary/aromatic N) is 4. The average Bonchev–Trinajstić information content (AvgIpc) is 2.58. The zero-order chi connectivity index (χ0) is 11.3. The smallest absolute Gasteiger partial charge is 0.306 e. The third kappa shape index (κ3) is 3.62. The summed E-state index contributed by atoms with van der Waals surface area (Å²) in [6.45, 7) is 0.498. The van der Waals surface area contributed by atoms with Crippen LogP contribution in [0.5, 0.6) is 0 Å². The first-order chi connectivity index (χ1) is 7.13. The number of nitrogens with two attached hydrogens (primary N) is 1. The predicted octanol–water partition coefficient (Wildman–Crippen LogP) is -0.808. The molecule has 0 aliphatic carbocycles. The van der Waals surface area contributed by atoms with Crippen LogP contribution in [0, 0.1) is 5.92 Å². The molecule has 0 saturated heterocycles. The Morgan fingerprint density at radius 1 is 1.67 bits per heavy atom. The topological polar surface area (TPSA) is 107 Å². The highest BCUT2D eigenvalue weighted by Gasteiger charge is 2.19. The normalized spacial score (nSPS) is 12.7. The van der Waals surface area contributed by atoms with Gasteiger partial charge in [0.25, 0.3) is 0 Å². The van der Waals surface area contributed by atoms with Crippen molar-refractivity contribution in [1.29, 1.82) is 0 Å². The van der Waals surface area contributed by atoms with Gasteiger partial charge >= 0.3 is 5.97 Å². The van der Waals surface area contributed by atoms with E-state index in [1.807, 2.05) is 0 Å². The van der Waals surface area contributed by atoms with E-state index in [0.717, 1.165) is 0 Å². The second-order valence-corrected chi connectivity index (χ2v) is 3.37. The van der Waals surface area contributed by atoms with Gasteiger partial charge in [0.05, 0.1) is 13.0 Å². The summed E-state index contributed by atoms with van der Waals surface area (Å²) >= 11 is 0. The fourth-order valence-electron chi connectivity index (χ4n) is 1.30. The van der Waals surface area contributed by atoms with Gasteiger partial charge in [0.2, 0.25) is 0 Å². The van der Waals surface area contributed by atoms with Crippen molar-refractivity contribution in [3.8, 4) is 0 Å². The molecule has 84 valence electrons. The molecule has 1 aromatic rings. The third-order valence-electron chi connectivity index (χ3n) is 2.08. The van der Waals surface area contributed by atoms with Crippen LogP contribution in [0.2, 0.25) is 0 Å². The van der Waals surface area contributed by atoms with E-state index in [1.165, 1.54) is 4.80 Å². The lowest BCUT2D eigenvalue weighted by atomic mass is 9.99. The van der Waals surface area contributed by atoms with Crippen molar-refractivity contribution in [3.63, 3.8) is 0 Å². The molecule has 1 atom stereocenters. The molecule has 0 aromatic carbocycles. The summed E-state index contributed by atoms with van der Waals surface area (Å²) in [5.41, 5.74) is 5.33. The van der Waals surface area contributed by atoms with Crippen LogP contribution >= 0.6 is 0 Å². The van der Waals surface area contributed by atoms with E-state index >= 15 is 0 Å². The van der Waals surface area contributed by atoms with Gasteiger partial charge in [0, 0.05) is 6.42 Å². The second kappa shape index (κ2) is 5.40. The van der Waals surface area contributed by atoms with Crippen molar-refractivity contribution in [2.24, 2.45) is 18.7 Å². The first-order valence-corrected chi connectivity index (χ1v) is 4.79. The van der Waals surface area contributed by atoms with Gasteiger partial charge in [-0.2, -0.15) is 4.80 Å². The van der Waals surface area contributed by atoms with Crippen LogP contribution in [0.3, 0.4) is 0 Å². The standard InChI is InChI=1S/C8H15N5O2/c1-13-11-7(10-12-13)5-6(8(14)15)3-2-4-9/h6H,2-5,9H2,1H3,(H,14,15). The predicted molar refractivity (Wildman–Crippen MR) is 51.9 cm³/mol. The summed E-state index contributed by atoms with van der Waals surface area (Å²) in [6, 6.07) is 0. The highest BCUT2D eigenvalue weighted by Crippen LogP contribution is 2.11. The van der Waals surface area contributed by atoms with Crippen molar-refractivity contribution in [2.75, 3.05) is 6.54 Å². The van der Waals surface area contributed by atoms with E-state index in [9.17, 15) is 4.79 Å². The van der Waals surface area contributed by atoms with Crippen LogP contribution in [0.15, 0.2) is 0 Å². The summed E-state index contributed by atoms with van der Waals surface area (Å²) in [6.07, 6.45) is 1.55. The van der Waals surface area contributed by atoms with Gasteiger partial charge in [-0.1, -0.05) is 0 Å². The van der Waals surface area contributed by atoms with Crippen LogP contribution < -0.4 is 5.73 Å². The minimum atomic E-state index is -0.837. The van der Waals surface area contributed by atoms with Gasteiger partial charge in [-0.15, -0.1) is 10.2 Å². The molecule has 0 bridgehead atoms. The molecule has 0 saturated carbocycles. The van der Waals surface area contributed by atoms with Crippen LogP contribution in [0.1, 0.15) is 18.7 Å². The van der Waals surface area contributed by atoms with Gasteiger partial charge in [-0.25, -0.2) is 0 Å². The molecule has 0 amide bonds. The number of aromatic nitrogens is 4. The molecule has 1 aromatic heterocycles. The van der Waals surface area contributed by atoms with E-state index in [4.69, 9.17) is 10.8 Å². The lowest BCUT2D eigenvalue weighted by molar-refractivity contribution is -0.142. The molecule has 0 fully saturated rings. The molecule has 3 N–H and O–H groups in total. The number of carboxylic acids is 1. The Hall–Kier alpha value is -1.50. The van der Waals surface area contributed by atoms with Crippen molar-refractivity contribution in [2.45, 2.75) is 19.3 Å². The molecular formula is C8H15N5O2. The van der Waals surface area contributed by atoms with Crippen molar-refractivity contribution in [3.05, 3.63) is 5.82 Å². The number of hydrogen-bond acceptors (Lipinski definition) is 5. The summed E-state index contributed by atoms with van der Waals surface area (Å²) in [7, 11) is 1.64. The Balaban J connectivity index is 2.54. The fourth-order valence-corrected chi connectivity index (χ4v) is 1.30. The minimum absolute atomic E-state index is 0.309. The molecular weight excluding hydrogens is 198 g/mol. The van der Waals surface area contributed by atoms with E-state index in [1.54, 1.807) is 7.05 Å². The zero-order valence-corrected chi connectivity index (χ0v) is 8.63. The average molecular weight is 213 g/mol. The fraction of sp³-hybridized carbons (Fsp3) is 0.750. The molecule has 7 heteroatoms. The van der Waals surface area contributed by atoms with Crippen molar-refractivity contribution >= 4 is 5.97 Å². The van der Waals surface area contributed by atoms with Crippen LogP contribution in [-0.4, -0.2) is 37.8 Å². The maximum absolute atomic E-state index is 10.9. The number of carboxylic acid groups (broad SMARTS) is 1. The van der Waals surface area contributed by atoms with Crippen LogP contribution in [0.4, 0.5) is 0 Å². The Bertz CT molecular complexity index is 325. The molecule has 0 spiro atoms. The van der Waals surface area contributed by atoms with Gasteiger partial charge in [-0.3, -0.25) is 4.79 Å². The van der Waals surface area contributed by atoms with Gasteiger partial charge in [-0.05, 0) is 24.6 Å². The molecule has 15 heavy (non-hydrogen) atoms. The van der Waals surface area contributed by atoms with Gasteiger partial charge in [0.1, 0.15) is 0 Å². The first kappa shape index (κ1) is 11.6. The molecule has 7 nitrogen and oxygen atoms in total. The number of rotatable bonds is 6. The lowest BCUT2D eigenvalue weighted by Gasteiger charge is -2.08. The van der Waals surface area contributed by atoms with Gasteiger partial charge in [0.15, 0.2) is 5.82 Å². The minimum Gasteiger partial charge on any atom is -0.481 e. The Morgan fingerprint density at radius 3 is 2.87 bits per heavy atom. The molecule has 1 heterocycles. The van der Waals surface area contributed by atoms with E-state index in [0.29, 0.717) is 31.6 Å². The summed E-state index contributed by atoms with van der Waals surface area (Å²) in [4.78, 5) is 12.2. The van der Waals surface area contributed by atoms with E-state index in [2.05, 4.69) is 15.4 Å². The number of aliphatic carboxylic acids is 1. The summed E-state index contributed by atoms with van der Waals surface area (Å²) in [5, 5.41) is 20.3. The number of carbonyl (C=O) groups is 1. The highest BCUT2D eigenvalue weighted by molar-refractivity contribution is 5.70. The largest absolute Gasteiger partial charge is 0.481 e. The summed E-state index contributed by atoms with van der Waals surface area (Å²) in [5.74, 6) is -0.851. The number of hydrogen-bond donors (Lipinski definition) is 2. The molecule has 1 rings (SSSR count). The van der Waals surface area contributed by atoms with E-state index in [-0.39, 0.29) is 0 Å². The van der Waals surface area contributed by atoms with Gasteiger partial charge < -0.3 is 10.8 Å². The molecule has 0 radical (unpaired) electrons. The molecule has 1 unspecified atom stereocenters. The molecule has 0 aliphatic rings. The maximum atomic E-state index is 10.9. The first-order valence-electron chi connectivity index (χ1n) is 4.79. The van der Waals surface area contributed by atoms with E-state index < -0.39 is 11.9 Å². The SMILES string of the molecule is Cn1nnc(CC(CCCN)C(=O)O)n1. The Morgan fingerprint density at radius 2 is 2.40 bits per heavy atom. The number of tetrazole rings is 1. The van der Waals surface area contributed by atoms with Crippen molar-refractivity contribution < 1.29 is 9.90 Å². The monoisotopic (exact) mass is 213 g/mol. The lowest BCUT2D eigenvalue weighted by Crippen LogP contribution is -2.18. The highest BCUT2D eigenvalue weighted by atomic mass is 16.4. The molecule has 0 aliphatic heterocycles. The van der Waals surface area contributed by atoms with Crippen LogP contribution in [-0.2, 0) is 18.3 Å². The maximum Gasteiger partial charge on any atom is 0.306 e. The quantitative estimate of drug-likeness (QED) is 0.640. The van der Waals surface area contributed by atoms with Crippen molar-refractivity contribution in [1.82, 2.24) is 20.2 Å². The third-order valence-corrected chi connectivity index (χ3v) is 2.08. The Labute approximate surface area is 87.3 Å². The zero-order valence-electron chi connectivity index (χ0n) is 8.63. The second-order valence-electron chi connectivity index (χ2n) is 3.37. The summed E-state index contributed by atoms with van der Waals surface area (Å²) < 4.78 is 0. The Kier molecular flexibility index (Phi) is 4.17. The van der Waals surface area contributed by atoms with Crippen LogP contribution in [0.25, 0.3) is 0 Å².